The Morgan fingerprint density at radius 2 is 1.69 bits per heavy atom. The molecule has 4 rings (SSSR count). The van der Waals surface area contributed by atoms with E-state index in [1.807, 2.05) is 24.3 Å². The number of Topliss-reactive ketones (excluding diaryl/α,β-unsaturated/α-hetero) is 1. The van der Waals surface area contributed by atoms with Gasteiger partial charge in [0.25, 0.3) is 0 Å². The minimum atomic E-state index is 0.214. The van der Waals surface area contributed by atoms with E-state index in [2.05, 4.69) is 35.2 Å². The van der Waals surface area contributed by atoms with Gasteiger partial charge in [-0.1, -0.05) is 42.5 Å². The van der Waals surface area contributed by atoms with Crippen LogP contribution in [-0.4, -0.2) is 29.9 Å². The Morgan fingerprint density at radius 1 is 1.00 bits per heavy atom. The Balaban J connectivity index is 1.39. The number of ether oxygens (including phenoxy) is 1. The van der Waals surface area contributed by atoms with Crippen molar-refractivity contribution in [1.29, 1.82) is 0 Å². The SMILES string of the molecule is COc1cccc(CC(=O)C2CC3CCC(C2)N3Cc2ccccc2)c1. The van der Waals surface area contributed by atoms with Gasteiger partial charge in [0.05, 0.1) is 7.11 Å². The minimum Gasteiger partial charge on any atom is -0.497 e. The number of carbonyl (C=O) groups is 1. The van der Waals surface area contributed by atoms with Crippen LogP contribution < -0.4 is 4.74 Å². The fourth-order valence-electron chi connectivity index (χ4n) is 4.72. The zero-order valence-electron chi connectivity index (χ0n) is 15.4. The van der Waals surface area contributed by atoms with Crippen LogP contribution in [0.4, 0.5) is 0 Å². The van der Waals surface area contributed by atoms with Gasteiger partial charge in [0.15, 0.2) is 0 Å². The molecule has 0 amide bonds. The summed E-state index contributed by atoms with van der Waals surface area (Å²) >= 11 is 0. The van der Waals surface area contributed by atoms with Gasteiger partial charge < -0.3 is 4.74 Å². The summed E-state index contributed by atoms with van der Waals surface area (Å²) in [5, 5.41) is 0. The van der Waals surface area contributed by atoms with E-state index in [0.29, 0.717) is 24.3 Å². The lowest BCUT2D eigenvalue weighted by Crippen LogP contribution is -2.44. The van der Waals surface area contributed by atoms with Crippen molar-refractivity contribution >= 4 is 5.78 Å². The van der Waals surface area contributed by atoms with Gasteiger partial charge >= 0.3 is 0 Å². The van der Waals surface area contributed by atoms with Crippen molar-refractivity contribution in [3.05, 3.63) is 65.7 Å². The number of hydrogen-bond donors (Lipinski definition) is 0. The Morgan fingerprint density at radius 3 is 2.38 bits per heavy atom. The monoisotopic (exact) mass is 349 g/mol. The third kappa shape index (κ3) is 3.68. The van der Waals surface area contributed by atoms with Crippen LogP contribution in [0.5, 0.6) is 5.75 Å². The Kier molecular flexibility index (Phi) is 5.07. The summed E-state index contributed by atoms with van der Waals surface area (Å²) in [7, 11) is 1.67. The van der Waals surface area contributed by atoms with Crippen LogP contribution in [0, 0.1) is 5.92 Å². The maximum absolute atomic E-state index is 12.9. The van der Waals surface area contributed by atoms with Crippen LogP contribution in [0.2, 0.25) is 0 Å². The van der Waals surface area contributed by atoms with Crippen molar-refractivity contribution in [1.82, 2.24) is 4.90 Å². The third-order valence-corrected chi connectivity index (χ3v) is 6.06. The van der Waals surface area contributed by atoms with Crippen LogP contribution in [0.25, 0.3) is 0 Å². The third-order valence-electron chi connectivity index (χ3n) is 6.06. The number of fused-ring (bicyclic) bond motifs is 2. The largest absolute Gasteiger partial charge is 0.497 e. The molecule has 2 saturated heterocycles. The lowest BCUT2D eigenvalue weighted by molar-refractivity contribution is -0.124. The number of benzene rings is 2. The summed E-state index contributed by atoms with van der Waals surface area (Å²) < 4.78 is 5.28. The lowest BCUT2D eigenvalue weighted by Gasteiger charge is -2.38. The molecule has 0 radical (unpaired) electrons. The average molecular weight is 349 g/mol. The van der Waals surface area contributed by atoms with Gasteiger partial charge in [-0.3, -0.25) is 9.69 Å². The molecule has 3 heteroatoms. The predicted molar refractivity (Wildman–Crippen MR) is 103 cm³/mol. The molecule has 2 bridgehead atoms. The average Bonchev–Trinajstić information content (AvgIpc) is 2.90. The number of methoxy groups -OCH3 is 1. The molecular formula is C23H27NO2. The minimum absolute atomic E-state index is 0.214. The van der Waals surface area contributed by atoms with Crippen LogP contribution in [0.3, 0.4) is 0 Å². The first-order chi connectivity index (χ1) is 12.7. The van der Waals surface area contributed by atoms with Crippen molar-refractivity contribution in [2.75, 3.05) is 7.11 Å². The second-order valence-corrected chi connectivity index (χ2v) is 7.71. The molecule has 0 aromatic heterocycles. The molecule has 0 aliphatic carbocycles. The normalized spacial score (nSPS) is 25.2. The number of ketones is 1. The predicted octanol–water partition coefficient (Wildman–Crippen LogP) is 4.25. The molecule has 2 fully saturated rings. The second kappa shape index (κ2) is 7.63. The number of hydrogen-bond acceptors (Lipinski definition) is 3. The van der Waals surface area contributed by atoms with Gasteiger partial charge in [-0.25, -0.2) is 0 Å². The zero-order valence-corrected chi connectivity index (χ0v) is 15.4. The summed E-state index contributed by atoms with van der Waals surface area (Å²) in [6, 6.07) is 19.7. The standard InChI is InChI=1S/C23H27NO2/c1-26-22-9-5-8-18(12-22)13-23(25)19-14-20-10-11-21(15-19)24(20)16-17-6-3-2-4-7-17/h2-9,12,19-21H,10-11,13-16H2,1H3. The fraction of sp³-hybridized carbons (Fsp3) is 0.435. The molecule has 2 atom stereocenters. The topological polar surface area (TPSA) is 29.5 Å². The molecule has 3 nitrogen and oxygen atoms in total. The van der Waals surface area contributed by atoms with Crippen LogP contribution >= 0.6 is 0 Å². The first kappa shape index (κ1) is 17.3. The lowest BCUT2D eigenvalue weighted by atomic mass is 9.85. The number of nitrogens with zero attached hydrogens (tertiary/aromatic N) is 1. The number of carbonyl (C=O) groups excluding carboxylic acids is 1. The van der Waals surface area contributed by atoms with E-state index in [9.17, 15) is 4.79 Å². The highest BCUT2D eigenvalue weighted by atomic mass is 16.5. The van der Waals surface area contributed by atoms with E-state index in [0.717, 1.165) is 30.7 Å². The van der Waals surface area contributed by atoms with Gasteiger partial charge in [-0.05, 0) is 48.9 Å². The molecule has 0 saturated carbocycles. The summed E-state index contributed by atoms with van der Waals surface area (Å²) in [5.41, 5.74) is 2.44. The summed E-state index contributed by atoms with van der Waals surface area (Å²) in [4.78, 5) is 15.5. The van der Waals surface area contributed by atoms with E-state index in [-0.39, 0.29) is 5.92 Å². The van der Waals surface area contributed by atoms with Gasteiger partial charge in [-0.2, -0.15) is 0 Å². The van der Waals surface area contributed by atoms with Gasteiger partial charge in [0, 0.05) is 31.0 Å². The van der Waals surface area contributed by atoms with E-state index in [4.69, 9.17) is 4.74 Å². The van der Waals surface area contributed by atoms with E-state index >= 15 is 0 Å². The van der Waals surface area contributed by atoms with Gasteiger partial charge in [-0.15, -0.1) is 0 Å². The molecule has 2 aromatic rings. The summed E-state index contributed by atoms with van der Waals surface area (Å²) in [5.74, 6) is 1.44. The molecule has 2 aromatic carbocycles. The van der Waals surface area contributed by atoms with E-state index in [1.54, 1.807) is 7.11 Å². The second-order valence-electron chi connectivity index (χ2n) is 7.71. The maximum Gasteiger partial charge on any atom is 0.140 e. The molecule has 26 heavy (non-hydrogen) atoms. The Hall–Kier alpha value is -2.13. The van der Waals surface area contributed by atoms with Crippen molar-refractivity contribution < 1.29 is 9.53 Å². The van der Waals surface area contributed by atoms with Crippen LogP contribution in [-0.2, 0) is 17.8 Å². The van der Waals surface area contributed by atoms with Crippen molar-refractivity contribution in [3.8, 4) is 5.75 Å². The van der Waals surface area contributed by atoms with Crippen LogP contribution in [0.1, 0.15) is 36.8 Å². The quantitative estimate of drug-likeness (QED) is 0.781. The molecule has 2 aliphatic rings. The molecule has 0 spiro atoms. The summed E-state index contributed by atoms with van der Waals surface area (Å²) in [6.45, 7) is 1.02. The van der Waals surface area contributed by atoms with Crippen molar-refractivity contribution in [2.45, 2.75) is 50.7 Å². The van der Waals surface area contributed by atoms with Crippen LogP contribution in [0.15, 0.2) is 54.6 Å². The van der Waals surface area contributed by atoms with Crippen molar-refractivity contribution in [3.63, 3.8) is 0 Å². The molecule has 2 aliphatic heterocycles. The Bertz CT molecular complexity index is 744. The van der Waals surface area contributed by atoms with Gasteiger partial charge in [0.1, 0.15) is 11.5 Å². The van der Waals surface area contributed by atoms with E-state index in [1.165, 1.54) is 18.4 Å². The smallest absolute Gasteiger partial charge is 0.140 e. The first-order valence-electron chi connectivity index (χ1n) is 9.68. The zero-order chi connectivity index (χ0) is 17.9. The number of piperidine rings is 1. The molecule has 0 N–H and O–H groups in total. The highest BCUT2D eigenvalue weighted by Gasteiger charge is 2.42. The molecule has 136 valence electrons. The van der Waals surface area contributed by atoms with Crippen molar-refractivity contribution in [2.24, 2.45) is 5.92 Å². The maximum atomic E-state index is 12.9. The highest BCUT2D eigenvalue weighted by molar-refractivity contribution is 5.83. The summed E-state index contributed by atoms with van der Waals surface area (Å²) in [6.07, 6.45) is 5.04. The number of rotatable bonds is 6. The van der Waals surface area contributed by atoms with E-state index < -0.39 is 0 Å². The first-order valence-corrected chi connectivity index (χ1v) is 9.68. The highest BCUT2D eigenvalue weighted by Crippen LogP contribution is 2.40. The molecule has 2 unspecified atom stereocenters. The fourth-order valence-corrected chi connectivity index (χ4v) is 4.72. The molecule has 2 heterocycles. The van der Waals surface area contributed by atoms with Gasteiger partial charge in [0.2, 0.25) is 0 Å². The molecular weight excluding hydrogens is 322 g/mol. The Labute approximate surface area is 156 Å².